The summed E-state index contributed by atoms with van der Waals surface area (Å²) in [7, 11) is -3.28. The molecule has 100 valence electrons. The maximum Gasteiger partial charge on any atom is 0.264 e. The number of allylic oxidation sites excluding steroid dienone is 2. The third-order valence-corrected chi connectivity index (χ3v) is 3.02. The van der Waals surface area contributed by atoms with E-state index in [2.05, 4.69) is 28.5 Å². The van der Waals surface area contributed by atoms with Gasteiger partial charge in [0.15, 0.2) is 0 Å². The zero-order valence-electron chi connectivity index (χ0n) is 10.7. The molecule has 4 heteroatoms. The van der Waals surface area contributed by atoms with Gasteiger partial charge in [-0.2, -0.15) is 8.42 Å². The van der Waals surface area contributed by atoms with Gasteiger partial charge >= 0.3 is 0 Å². The highest BCUT2D eigenvalue weighted by molar-refractivity contribution is 7.85. The van der Waals surface area contributed by atoms with E-state index in [1.165, 1.54) is 5.56 Å². The first-order valence-corrected chi connectivity index (χ1v) is 7.93. The number of hydrogen-bond acceptors (Lipinski definition) is 3. The highest BCUT2D eigenvalue weighted by atomic mass is 32.2. The summed E-state index contributed by atoms with van der Waals surface area (Å²) in [5.41, 5.74) is 1.34. The molecular weight excluding hydrogens is 248 g/mol. The molecule has 1 rings (SSSR count). The van der Waals surface area contributed by atoms with Crippen molar-refractivity contribution >= 4 is 10.1 Å². The van der Waals surface area contributed by atoms with Crippen LogP contribution in [0.4, 0.5) is 0 Å². The van der Waals surface area contributed by atoms with E-state index in [0.29, 0.717) is 0 Å². The van der Waals surface area contributed by atoms with Crippen LogP contribution in [0.1, 0.15) is 24.8 Å². The van der Waals surface area contributed by atoms with Gasteiger partial charge in [-0.05, 0) is 31.2 Å². The van der Waals surface area contributed by atoms with Gasteiger partial charge in [0, 0.05) is 0 Å². The number of aryl methyl sites for hydroxylation is 1. The Balaban J connectivity index is 2.05. The maximum atomic E-state index is 10.7. The first-order chi connectivity index (χ1) is 8.58. The lowest BCUT2D eigenvalue weighted by Crippen LogP contribution is -2.03. The van der Waals surface area contributed by atoms with Crippen LogP contribution in [-0.4, -0.2) is 21.3 Å². The van der Waals surface area contributed by atoms with E-state index in [1.54, 1.807) is 0 Å². The van der Waals surface area contributed by atoms with Crippen LogP contribution in [0, 0.1) is 0 Å². The highest BCUT2D eigenvalue weighted by Crippen LogP contribution is 2.03. The number of unbranched alkanes of at least 4 members (excludes halogenated alkanes) is 1. The summed E-state index contributed by atoms with van der Waals surface area (Å²) in [6, 6.07) is 10.3. The highest BCUT2D eigenvalue weighted by Gasteiger charge is 1.98. The van der Waals surface area contributed by atoms with E-state index in [1.807, 2.05) is 18.2 Å². The van der Waals surface area contributed by atoms with Crippen LogP contribution in [0.5, 0.6) is 0 Å². The minimum Gasteiger partial charge on any atom is -0.270 e. The van der Waals surface area contributed by atoms with Gasteiger partial charge in [-0.1, -0.05) is 42.5 Å². The summed E-state index contributed by atoms with van der Waals surface area (Å²) in [5.74, 6) is 0. The standard InChI is InChI=1S/C14H20O3S/c1-18(15,16)17-13-9-4-2-3-6-10-14-11-7-5-8-12-14/h2-3,5,7-8,11-12H,4,6,9-10,13H2,1H3/b3-2+. The Bertz CT molecular complexity index is 449. The van der Waals surface area contributed by atoms with Gasteiger partial charge in [0.05, 0.1) is 12.9 Å². The van der Waals surface area contributed by atoms with E-state index < -0.39 is 10.1 Å². The molecule has 0 spiro atoms. The van der Waals surface area contributed by atoms with E-state index in [0.717, 1.165) is 31.9 Å². The van der Waals surface area contributed by atoms with Gasteiger partial charge in [0.25, 0.3) is 10.1 Å². The van der Waals surface area contributed by atoms with Crippen molar-refractivity contribution in [3.63, 3.8) is 0 Å². The molecule has 0 aromatic heterocycles. The van der Waals surface area contributed by atoms with Crippen LogP contribution in [0.25, 0.3) is 0 Å². The predicted molar refractivity (Wildman–Crippen MR) is 73.9 cm³/mol. The molecule has 0 aliphatic heterocycles. The zero-order chi connectivity index (χ0) is 13.3. The smallest absolute Gasteiger partial charge is 0.264 e. The lowest BCUT2D eigenvalue weighted by atomic mass is 10.1. The second-order valence-corrected chi connectivity index (χ2v) is 5.81. The van der Waals surface area contributed by atoms with Crippen LogP contribution < -0.4 is 0 Å². The third-order valence-electron chi connectivity index (χ3n) is 2.42. The Morgan fingerprint density at radius 2 is 1.78 bits per heavy atom. The zero-order valence-corrected chi connectivity index (χ0v) is 11.5. The SMILES string of the molecule is CS(=O)(=O)OCCC/C=C/CCc1ccccc1. The Kier molecular flexibility index (Phi) is 6.68. The fraction of sp³-hybridized carbons (Fsp3) is 0.429. The normalized spacial score (nSPS) is 12.1. The Hall–Kier alpha value is -1.13. The minimum atomic E-state index is -3.28. The number of rotatable bonds is 8. The van der Waals surface area contributed by atoms with Gasteiger partial charge in [0.1, 0.15) is 0 Å². The second-order valence-electron chi connectivity index (χ2n) is 4.16. The molecule has 0 amide bonds. The van der Waals surface area contributed by atoms with Crippen molar-refractivity contribution < 1.29 is 12.6 Å². The predicted octanol–water partition coefficient (Wildman–Crippen LogP) is 2.93. The summed E-state index contributed by atoms with van der Waals surface area (Å²) in [6.07, 6.45) is 8.91. The molecular formula is C14H20O3S. The summed E-state index contributed by atoms with van der Waals surface area (Å²) < 4.78 is 26.0. The molecule has 0 atom stereocenters. The van der Waals surface area contributed by atoms with Crippen molar-refractivity contribution in [3.8, 4) is 0 Å². The second kappa shape index (κ2) is 8.06. The van der Waals surface area contributed by atoms with Gasteiger partial charge in [-0.15, -0.1) is 0 Å². The first kappa shape index (κ1) is 14.9. The molecule has 1 aromatic carbocycles. The van der Waals surface area contributed by atoms with Crippen LogP contribution in [0.15, 0.2) is 42.5 Å². The third kappa shape index (κ3) is 8.03. The van der Waals surface area contributed by atoms with E-state index in [9.17, 15) is 8.42 Å². The molecule has 0 bridgehead atoms. The van der Waals surface area contributed by atoms with Gasteiger partial charge in [-0.25, -0.2) is 0 Å². The number of hydrogen-bond donors (Lipinski definition) is 0. The molecule has 0 aliphatic carbocycles. The summed E-state index contributed by atoms with van der Waals surface area (Å²) >= 11 is 0. The molecule has 18 heavy (non-hydrogen) atoms. The van der Waals surface area contributed by atoms with Gasteiger partial charge in [0.2, 0.25) is 0 Å². The molecule has 0 heterocycles. The molecule has 0 saturated heterocycles. The van der Waals surface area contributed by atoms with E-state index in [4.69, 9.17) is 0 Å². The molecule has 0 saturated carbocycles. The van der Waals surface area contributed by atoms with Gasteiger partial charge in [-0.3, -0.25) is 4.18 Å². The lowest BCUT2D eigenvalue weighted by molar-refractivity contribution is 0.317. The maximum absolute atomic E-state index is 10.7. The molecule has 0 N–H and O–H groups in total. The largest absolute Gasteiger partial charge is 0.270 e. The fourth-order valence-electron chi connectivity index (χ4n) is 1.54. The molecule has 0 fully saturated rings. The van der Waals surface area contributed by atoms with E-state index >= 15 is 0 Å². The first-order valence-electron chi connectivity index (χ1n) is 6.11. The van der Waals surface area contributed by atoms with Crippen molar-refractivity contribution in [1.29, 1.82) is 0 Å². The van der Waals surface area contributed by atoms with Crippen molar-refractivity contribution in [2.45, 2.75) is 25.7 Å². The quantitative estimate of drug-likeness (QED) is 0.413. The van der Waals surface area contributed by atoms with Gasteiger partial charge < -0.3 is 0 Å². The van der Waals surface area contributed by atoms with Crippen molar-refractivity contribution in [1.82, 2.24) is 0 Å². The minimum absolute atomic E-state index is 0.266. The number of benzene rings is 1. The fourth-order valence-corrected chi connectivity index (χ4v) is 1.96. The summed E-state index contributed by atoms with van der Waals surface area (Å²) in [4.78, 5) is 0. The van der Waals surface area contributed by atoms with E-state index in [-0.39, 0.29) is 6.61 Å². The molecule has 1 aromatic rings. The van der Waals surface area contributed by atoms with Crippen LogP contribution >= 0.6 is 0 Å². The van der Waals surface area contributed by atoms with Crippen LogP contribution in [0.2, 0.25) is 0 Å². The average molecular weight is 268 g/mol. The summed E-state index contributed by atoms with van der Waals surface area (Å²) in [6.45, 7) is 0.266. The summed E-state index contributed by atoms with van der Waals surface area (Å²) in [5, 5.41) is 0. The van der Waals surface area contributed by atoms with Crippen LogP contribution in [-0.2, 0) is 20.7 Å². The topological polar surface area (TPSA) is 43.4 Å². The lowest BCUT2D eigenvalue weighted by Gasteiger charge is -1.98. The molecule has 0 unspecified atom stereocenters. The Labute approximate surface area is 110 Å². The molecule has 0 radical (unpaired) electrons. The monoisotopic (exact) mass is 268 g/mol. The molecule has 3 nitrogen and oxygen atoms in total. The van der Waals surface area contributed by atoms with Crippen LogP contribution in [0.3, 0.4) is 0 Å². The van der Waals surface area contributed by atoms with Crippen molar-refractivity contribution in [2.75, 3.05) is 12.9 Å². The van der Waals surface area contributed by atoms with Crippen molar-refractivity contribution in [3.05, 3.63) is 48.0 Å². The molecule has 0 aliphatic rings. The average Bonchev–Trinajstić information content (AvgIpc) is 2.32. The Morgan fingerprint density at radius 3 is 2.44 bits per heavy atom. The van der Waals surface area contributed by atoms with Crippen molar-refractivity contribution in [2.24, 2.45) is 0 Å². The Morgan fingerprint density at radius 1 is 1.11 bits per heavy atom.